The molecular weight excluding hydrogens is 286 g/mol. The maximum Gasteiger partial charge on any atom is 0.339 e. The van der Waals surface area contributed by atoms with E-state index in [1.54, 1.807) is 30.3 Å². The van der Waals surface area contributed by atoms with Gasteiger partial charge in [-0.1, -0.05) is 36.4 Å². The lowest BCUT2D eigenvalue weighted by atomic mass is 10.1. The molecule has 1 atom stereocenters. The third-order valence-corrected chi connectivity index (χ3v) is 2.93. The highest BCUT2D eigenvalue weighted by Gasteiger charge is 2.23. The van der Waals surface area contributed by atoms with Gasteiger partial charge in [0, 0.05) is 5.56 Å². The van der Waals surface area contributed by atoms with Crippen molar-refractivity contribution >= 4 is 11.9 Å². The van der Waals surface area contributed by atoms with Crippen LogP contribution in [-0.2, 0) is 0 Å². The zero-order valence-electron chi connectivity index (χ0n) is 11.3. The average molecular weight is 297 g/mol. The van der Waals surface area contributed by atoms with Crippen LogP contribution >= 0.6 is 0 Å². The molecule has 110 valence electrons. The highest BCUT2D eigenvalue weighted by Crippen LogP contribution is 2.29. The van der Waals surface area contributed by atoms with Crippen LogP contribution in [0.5, 0.6) is 5.75 Å². The van der Waals surface area contributed by atoms with Crippen molar-refractivity contribution in [3.63, 3.8) is 0 Å². The fourth-order valence-corrected chi connectivity index (χ4v) is 1.92. The number of ether oxygens (including phenoxy) is 1. The van der Waals surface area contributed by atoms with E-state index in [0.717, 1.165) is 0 Å². The largest absolute Gasteiger partial charge is 0.478 e. The Balaban J connectivity index is 2.49. The summed E-state index contributed by atoms with van der Waals surface area (Å²) in [6, 6.07) is 14.1. The van der Waals surface area contributed by atoms with Crippen molar-refractivity contribution in [2.45, 2.75) is 6.10 Å². The Morgan fingerprint density at radius 2 is 1.50 bits per heavy atom. The molecule has 0 saturated heterocycles. The average Bonchev–Trinajstić information content (AvgIpc) is 2.52. The Bertz CT molecular complexity index is 717. The first-order valence-electron chi connectivity index (χ1n) is 6.25. The van der Waals surface area contributed by atoms with Gasteiger partial charge in [-0.05, 0) is 12.1 Å². The Kier molecular flexibility index (Phi) is 4.39. The molecule has 0 aliphatic carbocycles. The van der Waals surface area contributed by atoms with E-state index >= 15 is 0 Å². The van der Waals surface area contributed by atoms with E-state index in [9.17, 15) is 25.1 Å². The predicted molar refractivity (Wildman–Crippen MR) is 75.8 cm³/mol. The smallest absolute Gasteiger partial charge is 0.339 e. The first kappa shape index (κ1) is 15.1. The van der Waals surface area contributed by atoms with Crippen LogP contribution in [0.25, 0.3) is 0 Å². The minimum Gasteiger partial charge on any atom is -0.478 e. The van der Waals surface area contributed by atoms with Crippen molar-refractivity contribution in [2.24, 2.45) is 0 Å². The van der Waals surface area contributed by atoms with E-state index in [1.807, 2.05) is 6.07 Å². The van der Waals surface area contributed by atoms with Gasteiger partial charge in [-0.2, -0.15) is 5.26 Å². The van der Waals surface area contributed by atoms with E-state index in [2.05, 4.69) is 0 Å². The van der Waals surface area contributed by atoms with Crippen molar-refractivity contribution in [3.05, 3.63) is 65.2 Å². The number of hydrogen-bond acceptors (Lipinski definition) is 4. The van der Waals surface area contributed by atoms with Gasteiger partial charge in [0.05, 0.1) is 0 Å². The Morgan fingerprint density at radius 3 is 1.95 bits per heavy atom. The molecule has 0 radical (unpaired) electrons. The minimum absolute atomic E-state index is 0.309. The van der Waals surface area contributed by atoms with Crippen LogP contribution in [0.4, 0.5) is 0 Å². The van der Waals surface area contributed by atoms with Gasteiger partial charge in [-0.15, -0.1) is 0 Å². The summed E-state index contributed by atoms with van der Waals surface area (Å²) in [7, 11) is 0. The Morgan fingerprint density at radius 1 is 0.955 bits per heavy atom. The quantitative estimate of drug-likeness (QED) is 0.878. The van der Waals surface area contributed by atoms with E-state index in [-0.39, 0.29) is 16.9 Å². The lowest BCUT2D eigenvalue weighted by Crippen LogP contribution is -2.12. The number of carbonyl (C=O) groups is 2. The van der Waals surface area contributed by atoms with Gasteiger partial charge in [0.15, 0.2) is 5.75 Å². The number of aromatic carboxylic acids is 2. The summed E-state index contributed by atoms with van der Waals surface area (Å²) >= 11 is 0. The van der Waals surface area contributed by atoms with Crippen LogP contribution < -0.4 is 4.74 Å². The van der Waals surface area contributed by atoms with Gasteiger partial charge in [-0.3, -0.25) is 0 Å². The predicted octanol–water partition coefficient (Wildman–Crippen LogP) is 2.73. The molecule has 0 saturated carbocycles. The lowest BCUT2D eigenvalue weighted by molar-refractivity contribution is 0.0685. The van der Waals surface area contributed by atoms with Gasteiger partial charge in [0.25, 0.3) is 0 Å². The molecule has 6 nitrogen and oxygen atoms in total. The number of carboxylic acid groups (broad SMARTS) is 2. The highest BCUT2D eigenvalue weighted by atomic mass is 16.5. The molecule has 0 bridgehead atoms. The zero-order valence-corrected chi connectivity index (χ0v) is 11.3. The summed E-state index contributed by atoms with van der Waals surface area (Å²) in [6.45, 7) is 0. The molecule has 2 aromatic rings. The van der Waals surface area contributed by atoms with Gasteiger partial charge in [0.2, 0.25) is 6.10 Å². The summed E-state index contributed by atoms with van der Waals surface area (Å²) in [5, 5.41) is 27.6. The maximum atomic E-state index is 11.2. The fourth-order valence-electron chi connectivity index (χ4n) is 1.92. The summed E-state index contributed by atoms with van der Waals surface area (Å²) in [4.78, 5) is 22.5. The second kappa shape index (κ2) is 6.41. The molecule has 2 aromatic carbocycles. The number of para-hydroxylation sites is 1. The monoisotopic (exact) mass is 297 g/mol. The van der Waals surface area contributed by atoms with E-state index in [1.165, 1.54) is 18.2 Å². The standard InChI is InChI=1S/C16H11NO5/c17-9-13(10-5-2-1-3-6-10)22-14-11(15(18)19)7-4-8-12(14)16(20)21/h1-8,13H,(H,18,19)(H,20,21). The van der Waals surface area contributed by atoms with Gasteiger partial charge < -0.3 is 14.9 Å². The number of hydrogen-bond donors (Lipinski definition) is 2. The van der Waals surface area contributed by atoms with Crippen LogP contribution in [0.15, 0.2) is 48.5 Å². The first-order chi connectivity index (χ1) is 10.5. The van der Waals surface area contributed by atoms with Gasteiger partial charge >= 0.3 is 11.9 Å². The van der Waals surface area contributed by atoms with Gasteiger partial charge in [-0.25, -0.2) is 9.59 Å². The summed E-state index contributed by atoms with van der Waals surface area (Å²) in [5.74, 6) is -3.00. The van der Waals surface area contributed by atoms with Crippen LogP contribution in [0.2, 0.25) is 0 Å². The van der Waals surface area contributed by atoms with Crippen molar-refractivity contribution in [1.29, 1.82) is 5.26 Å². The molecule has 0 aliphatic heterocycles. The van der Waals surface area contributed by atoms with E-state index in [0.29, 0.717) is 5.56 Å². The molecular formula is C16H11NO5. The van der Waals surface area contributed by atoms with Gasteiger partial charge in [0.1, 0.15) is 17.2 Å². The number of nitrogens with zero attached hydrogens (tertiary/aromatic N) is 1. The number of rotatable bonds is 5. The van der Waals surface area contributed by atoms with E-state index in [4.69, 9.17) is 4.74 Å². The number of benzene rings is 2. The molecule has 2 N–H and O–H groups in total. The van der Waals surface area contributed by atoms with Crippen LogP contribution in [0.3, 0.4) is 0 Å². The van der Waals surface area contributed by atoms with Crippen molar-refractivity contribution in [1.82, 2.24) is 0 Å². The number of carboxylic acids is 2. The third kappa shape index (κ3) is 3.04. The topological polar surface area (TPSA) is 108 Å². The SMILES string of the molecule is N#CC(Oc1c(C(=O)O)cccc1C(=O)O)c1ccccc1. The van der Waals surface area contributed by atoms with Crippen molar-refractivity contribution in [2.75, 3.05) is 0 Å². The van der Waals surface area contributed by atoms with Crippen molar-refractivity contribution < 1.29 is 24.5 Å². The Labute approximate surface area is 125 Å². The molecule has 6 heteroatoms. The lowest BCUT2D eigenvalue weighted by Gasteiger charge is -2.16. The summed E-state index contributed by atoms with van der Waals surface area (Å²) in [6.07, 6.45) is -1.11. The molecule has 0 aliphatic rings. The second-order valence-electron chi connectivity index (χ2n) is 4.33. The minimum atomic E-state index is -1.33. The Hall–Kier alpha value is -3.33. The first-order valence-corrected chi connectivity index (χ1v) is 6.25. The molecule has 0 amide bonds. The van der Waals surface area contributed by atoms with Crippen LogP contribution in [0, 0.1) is 11.3 Å². The normalized spacial score (nSPS) is 11.2. The fraction of sp³-hybridized carbons (Fsp3) is 0.0625. The summed E-state index contributed by atoms with van der Waals surface area (Å²) < 4.78 is 5.41. The molecule has 0 aromatic heterocycles. The molecule has 0 heterocycles. The molecule has 1 unspecified atom stereocenters. The zero-order chi connectivity index (χ0) is 16.1. The molecule has 0 fully saturated rings. The maximum absolute atomic E-state index is 11.2. The van der Waals surface area contributed by atoms with Crippen LogP contribution in [0.1, 0.15) is 32.4 Å². The molecule has 22 heavy (non-hydrogen) atoms. The molecule has 0 spiro atoms. The third-order valence-electron chi connectivity index (χ3n) is 2.93. The second-order valence-corrected chi connectivity index (χ2v) is 4.33. The van der Waals surface area contributed by atoms with Crippen LogP contribution in [-0.4, -0.2) is 22.2 Å². The summed E-state index contributed by atoms with van der Waals surface area (Å²) in [5.41, 5.74) is -0.117. The van der Waals surface area contributed by atoms with E-state index < -0.39 is 18.0 Å². The van der Waals surface area contributed by atoms with Crippen molar-refractivity contribution in [3.8, 4) is 11.8 Å². The highest BCUT2D eigenvalue weighted by molar-refractivity contribution is 5.98. The molecule has 2 rings (SSSR count). The number of nitriles is 1.